The maximum Gasteiger partial charge on any atom is -0.139 e. The molecule has 0 unspecified atom stereocenters. The largest absolute Gasteiger partial charge is 0.379 e. The Kier molecular flexibility index (Phi) is 1.58. The summed E-state index contributed by atoms with van der Waals surface area (Å²) < 4.78 is 0. The Labute approximate surface area is 33.5 Å². The second kappa shape index (κ2) is 1.77. The molecule has 5 heavy (non-hydrogen) atoms. The van der Waals surface area contributed by atoms with Crippen molar-refractivity contribution in [2.24, 2.45) is 0 Å². The van der Waals surface area contributed by atoms with Crippen LogP contribution in [0, 0.1) is 13.8 Å². The van der Waals surface area contributed by atoms with Crippen molar-refractivity contribution in [1.82, 2.24) is 0 Å². The molecule has 0 heteroatoms. The van der Waals surface area contributed by atoms with E-state index < -0.39 is 0 Å². The summed E-state index contributed by atoms with van der Waals surface area (Å²) in [5, 5.41) is 0. The maximum atomic E-state index is 3.56. The molecular weight excluding hydrogens is 60.1 g/mol. The summed E-state index contributed by atoms with van der Waals surface area (Å²) in [6, 6.07) is 0. The minimum Gasteiger partial charge on any atom is -0.379 e. The lowest BCUT2D eigenvalue weighted by molar-refractivity contribution is 1.54. The van der Waals surface area contributed by atoms with Crippen molar-refractivity contribution >= 4 is 0 Å². The third kappa shape index (κ3) is 3.48. The zero-order valence-electron chi connectivity index (χ0n) is 3.49. The Balaban J connectivity index is 3.14. The van der Waals surface area contributed by atoms with Crippen molar-refractivity contribution in [1.29, 1.82) is 0 Å². The average molecular weight is 68.1 g/mol. The molecule has 0 amide bonds. The summed E-state index contributed by atoms with van der Waals surface area (Å²) in [7, 11) is 0. The Hall–Kier alpha value is -0.520. The van der Waals surface area contributed by atoms with E-state index in [-0.39, 0.29) is 0 Å². The molecule has 0 atom stereocenters. The van der Waals surface area contributed by atoms with Crippen molar-refractivity contribution in [3.8, 4) is 0 Å². The van der Waals surface area contributed by atoms with Crippen molar-refractivity contribution in [2.75, 3.05) is 0 Å². The topological polar surface area (TPSA) is 0 Å². The SMILES string of the molecule is [CH2-]C=C([CH2-])C. The van der Waals surface area contributed by atoms with Crippen LogP contribution >= 0.6 is 0 Å². The summed E-state index contributed by atoms with van der Waals surface area (Å²) >= 11 is 0. The lowest BCUT2D eigenvalue weighted by Gasteiger charge is -2.00. The van der Waals surface area contributed by atoms with Gasteiger partial charge in [-0.05, 0) is 0 Å². The van der Waals surface area contributed by atoms with Crippen LogP contribution in [-0.2, 0) is 0 Å². The molecule has 0 bridgehead atoms. The normalized spacial score (nSPS) is 11.8. The van der Waals surface area contributed by atoms with Crippen LogP contribution in [-0.4, -0.2) is 0 Å². The number of rotatable bonds is 0. The first-order valence-electron chi connectivity index (χ1n) is 1.55. The summed E-state index contributed by atoms with van der Waals surface area (Å²) in [6.07, 6.45) is 1.72. The van der Waals surface area contributed by atoms with E-state index in [9.17, 15) is 0 Å². The van der Waals surface area contributed by atoms with E-state index in [0.29, 0.717) is 0 Å². The van der Waals surface area contributed by atoms with E-state index in [4.69, 9.17) is 0 Å². The summed E-state index contributed by atoms with van der Waals surface area (Å²) in [5.74, 6) is 0. The highest BCUT2D eigenvalue weighted by Crippen LogP contribution is 1.81. The Morgan fingerprint density at radius 3 is 2.00 bits per heavy atom. The second-order valence-electron chi connectivity index (χ2n) is 1.05. The van der Waals surface area contributed by atoms with Crippen molar-refractivity contribution < 1.29 is 0 Å². The molecule has 0 fully saturated rings. The van der Waals surface area contributed by atoms with Crippen LogP contribution < -0.4 is 0 Å². The molecule has 0 heterocycles. The van der Waals surface area contributed by atoms with Crippen LogP contribution in [0.1, 0.15) is 6.92 Å². The minimum absolute atomic E-state index is 1.02. The van der Waals surface area contributed by atoms with Gasteiger partial charge >= 0.3 is 0 Å². The first-order valence-corrected chi connectivity index (χ1v) is 1.55. The molecule has 0 aromatic carbocycles. The molecule has 0 N–H and O–H groups in total. The predicted molar refractivity (Wildman–Crippen MR) is 24.5 cm³/mol. The van der Waals surface area contributed by atoms with E-state index in [2.05, 4.69) is 13.8 Å². The van der Waals surface area contributed by atoms with E-state index >= 15 is 0 Å². The zero-order valence-corrected chi connectivity index (χ0v) is 3.49. The van der Waals surface area contributed by atoms with E-state index in [0.717, 1.165) is 5.57 Å². The van der Waals surface area contributed by atoms with Gasteiger partial charge in [-0.2, -0.15) is 0 Å². The van der Waals surface area contributed by atoms with Gasteiger partial charge in [0.2, 0.25) is 0 Å². The molecule has 0 nitrogen and oxygen atoms in total. The molecule has 0 aliphatic carbocycles. The highest BCUT2D eigenvalue weighted by molar-refractivity contribution is 5.01. The van der Waals surface area contributed by atoms with Crippen LogP contribution in [0.2, 0.25) is 0 Å². The van der Waals surface area contributed by atoms with E-state index in [1.165, 1.54) is 0 Å². The zero-order chi connectivity index (χ0) is 4.28. The molecule has 0 aliphatic heterocycles. The molecule has 0 spiro atoms. The van der Waals surface area contributed by atoms with E-state index in [1.54, 1.807) is 6.08 Å². The molecule has 0 aromatic rings. The van der Waals surface area contributed by atoms with Gasteiger partial charge in [0.15, 0.2) is 0 Å². The second-order valence-corrected chi connectivity index (χ2v) is 1.05. The fourth-order valence-electron chi connectivity index (χ4n) is 0. The van der Waals surface area contributed by atoms with Gasteiger partial charge in [-0.15, -0.1) is 6.92 Å². The van der Waals surface area contributed by atoms with Gasteiger partial charge in [0.25, 0.3) is 0 Å². The van der Waals surface area contributed by atoms with Gasteiger partial charge in [0.05, 0.1) is 0 Å². The van der Waals surface area contributed by atoms with Crippen molar-refractivity contribution in [3.05, 3.63) is 25.5 Å². The third-order valence-electron chi connectivity index (χ3n) is 0.348. The molecule has 0 saturated heterocycles. The Morgan fingerprint density at radius 1 is 1.80 bits per heavy atom. The lowest BCUT2D eigenvalue weighted by Crippen LogP contribution is -1.53. The van der Waals surface area contributed by atoms with Gasteiger partial charge in [-0.1, -0.05) is 0 Å². The first kappa shape index (κ1) is 4.48. The molecule has 30 valence electrons. The highest BCUT2D eigenvalue weighted by atomic mass is 13.7. The maximum absolute atomic E-state index is 3.56. The van der Waals surface area contributed by atoms with Crippen LogP contribution in [0.5, 0.6) is 0 Å². The molecule has 0 aromatic heterocycles. The van der Waals surface area contributed by atoms with Crippen molar-refractivity contribution in [2.45, 2.75) is 6.92 Å². The molecule has 0 saturated carbocycles. The molecule has 0 rings (SSSR count). The van der Waals surface area contributed by atoms with Gasteiger partial charge in [-0.25, -0.2) is 0 Å². The van der Waals surface area contributed by atoms with Crippen molar-refractivity contribution in [3.63, 3.8) is 0 Å². The van der Waals surface area contributed by atoms with Gasteiger partial charge in [0, 0.05) is 0 Å². The number of hydrogen-bond acceptors (Lipinski definition) is 0. The predicted octanol–water partition coefficient (Wildman–Crippen LogP) is 1.60. The molecule has 0 aliphatic rings. The van der Waals surface area contributed by atoms with Gasteiger partial charge in [-0.3, -0.25) is 0 Å². The summed E-state index contributed by atoms with van der Waals surface area (Å²) in [5.41, 5.74) is 1.02. The smallest absolute Gasteiger partial charge is 0.139 e. The van der Waals surface area contributed by atoms with Crippen LogP contribution in [0.25, 0.3) is 0 Å². The Bertz CT molecular complexity index is 38.0. The average Bonchev–Trinajstić information content (AvgIpc) is 1.38. The summed E-state index contributed by atoms with van der Waals surface area (Å²) in [6.45, 7) is 8.93. The van der Waals surface area contributed by atoms with E-state index in [1.807, 2.05) is 6.92 Å². The lowest BCUT2D eigenvalue weighted by atomic mass is 10.3. The van der Waals surface area contributed by atoms with Crippen LogP contribution in [0.4, 0.5) is 0 Å². The standard InChI is InChI=1S/C5H8/c1-4-5(2)3/h4H,1-2H2,3H3/q-2. The van der Waals surface area contributed by atoms with Crippen LogP contribution in [0.3, 0.4) is 0 Å². The number of hydrogen-bond donors (Lipinski definition) is 0. The quantitative estimate of drug-likeness (QED) is 0.378. The monoisotopic (exact) mass is 68.1 g/mol. The number of allylic oxidation sites excluding steroid dienone is 2. The molecule has 0 radical (unpaired) electrons. The molecular formula is C5H8-2. The van der Waals surface area contributed by atoms with Gasteiger partial charge in [0.1, 0.15) is 0 Å². The first-order chi connectivity index (χ1) is 2.27. The Morgan fingerprint density at radius 2 is 2.00 bits per heavy atom. The third-order valence-corrected chi connectivity index (χ3v) is 0.348. The highest BCUT2D eigenvalue weighted by Gasteiger charge is 1.35. The van der Waals surface area contributed by atoms with Gasteiger partial charge < -0.3 is 25.5 Å². The fraction of sp³-hybridized carbons (Fsp3) is 0.200. The fourth-order valence-corrected chi connectivity index (χ4v) is 0. The summed E-state index contributed by atoms with van der Waals surface area (Å²) in [4.78, 5) is 0. The minimum atomic E-state index is 1.02. The van der Waals surface area contributed by atoms with Crippen LogP contribution in [0.15, 0.2) is 11.6 Å².